The van der Waals surface area contributed by atoms with Crippen LogP contribution >= 0.6 is 0 Å². The van der Waals surface area contributed by atoms with E-state index in [1.165, 1.54) is 12.0 Å². The highest BCUT2D eigenvalue weighted by Crippen LogP contribution is 2.37. The summed E-state index contributed by atoms with van der Waals surface area (Å²) in [5.41, 5.74) is 3.23. The van der Waals surface area contributed by atoms with Crippen molar-refractivity contribution in [1.82, 2.24) is 10.1 Å². The van der Waals surface area contributed by atoms with Crippen molar-refractivity contribution >= 4 is 0 Å². The Morgan fingerprint density at radius 2 is 1.92 bits per heavy atom. The fraction of sp³-hybridized carbons (Fsp3) is 0.286. The van der Waals surface area contributed by atoms with Crippen molar-refractivity contribution in [1.29, 1.82) is 0 Å². The molecule has 4 heteroatoms. The average Bonchev–Trinajstić information content (AvgIpc) is 3.32. The monoisotopic (exact) mass is 334 g/mol. The number of likely N-dealkylation sites (tertiary alicyclic amines) is 1. The summed E-state index contributed by atoms with van der Waals surface area (Å²) >= 11 is 0. The summed E-state index contributed by atoms with van der Waals surface area (Å²) in [6.45, 7) is 1.83. The molecule has 1 fully saturated rings. The lowest BCUT2D eigenvalue weighted by Gasteiger charge is -2.25. The van der Waals surface area contributed by atoms with Gasteiger partial charge in [0.25, 0.3) is 0 Å². The standard InChI is InChI=1S/C21H22N2O2/c1-24-21-12-6-5-10-18(21)20-11-7-13-23(20)15-17-14-19(22-25-17)16-8-3-2-4-9-16/h2-6,8-10,12,14,20H,7,11,13,15H2,1H3. The first-order valence-electron chi connectivity index (χ1n) is 8.73. The predicted molar refractivity (Wildman–Crippen MR) is 97.3 cm³/mol. The van der Waals surface area contributed by atoms with E-state index < -0.39 is 0 Å². The third kappa shape index (κ3) is 3.30. The molecular weight excluding hydrogens is 312 g/mol. The highest BCUT2D eigenvalue weighted by atomic mass is 16.5. The van der Waals surface area contributed by atoms with Gasteiger partial charge in [0, 0.05) is 23.2 Å². The summed E-state index contributed by atoms with van der Waals surface area (Å²) in [6.07, 6.45) is 2.32. The van der Waals surface area contributed by atoms with Gasteiger partial charge in [-0.05, 0) is 25.5 Å². The average molecular weight is 334 g/mol. The third-order valence-electron chi connectivity index (χ3n) is 4.85. The minimum atomic E-state index is 0.362. The molecule has 128 valence electrons. The van der Waals surface area contributed by atoms with E-state index in [0.717, 1.165) is 42.3 Å². The number of benzene rings is 2. The molecule has 0 radical (unpaired) electrons. The highest BCUT2D eigenvalue weighted by Gasteiger charge is 2.29. The van der Waals surface area contributed by atoms with E-state index in [2.05, 4.69) is 34.3 Å². The maximum Gasteiger partial charge on any atom is 0.151 e. The van der Waals surface area contributed by atoms with Crippen LogP contribution in [0.5, 0.6) is 5.75 Å². The van der Waals surface area contributed by atoms with Crippen molar-refractivity contribution in [3.8, 4) is 17.0 Å². The SMILES string of the molecule is COc1ccccc1C1CCCN1Cc1cc(-c2ccccc2)no1. The van der Waals surface area contributed by atoms with Gasteiger partial charge in [0.05, 0.1) is 13.7 Å². The number of hydrogen-bond donors (Lipinski definition) is 0. The highest BCUT2D eigenvalue weighted by molar-refractivity contribution is 5.58. The predicted octanol–water partition coefficient (Wildman–Crippen LogP) is 4.69. The Morgan fingerprint density at radius 3 is 2.76 bits per heavy atom. The first-order valence-corrected chi connectivity index (χ1v) is 8.73. The summed E-state index contributed by atoms with van der Waals surface area (Å²) in [5.74, 6) is 1.86. The Labute approximate surface area is 148 Å². The number of aromatic nitrogens is 1. The third-order valence-corrected chi connectivity index (χ3v) is 4.85. The molecule has 0 bridgehead atoms. The second kappa shape index (κ2) is 7.11. The van der Waals surface area contributed by atoms with E-state index in [9.17, 15) is 0 Å². The molecule has 1 aromatic heterocycles. The number of nitrogens with zero attached hydrogens (tertiary/aromatic N) is 2. The lowest BCUT2D eigenvalue weighted by Crippen LogP contribution is -2.22. The summed E-state index contributed by atoms with van der Waals surface area (Å²) in [4.78, 5) is 2.45. The van der Waals surface area contributed by atoms with Crippen LogP contribution in [0.1, 0.15) is 30.2 Å². The Balaban J connectivity index is 1.53. The molecule has 1 unspecified atom stereocenters. The van der Waals surface area contributed by atoms with Crippen LogP contribution < -0.4 is 4.74 Å². The topological polar surface area (TPSA) is 38.5 Å². The Morgan fingerprint density at radius 1 is 1.12 bits per heavy atom. The van der Waals surface area contributed by atoms with Crippen molar-refractivity contribution in [2.45, 2.75) is 25.4 Å². The minimum Gasteiger partial charge on any atom is -0.496 e. The zero-order chi connectivity index (χ0) is 17.1. The molecule has 3 aromatic rings. The van der Waals surface area contributed by atoms with Gasteiger partial charge in [-0.3, -0.25) is 4.90 Å². The summed E-state index contributed by atoms with van der Waals surface area (Å²) < 4.78 is 11.2. The number of hydrogen-bond acceptors (Lipinski definition) is 4. The van der Waals surface area contributed by atoms with Gasteiger partial charge in [-0.25, -0.2) is 0 Å². The van der Waals surface area contributed by atoms with Gasteiger partial charge in [0.1, 0.15) is 11.4 Å². The molecule has 1 atom stereocenters. The number of rotatable bonds is 5. The Bertz CT molecular complexity index is 829. The van der Waals surface area contributed by atoms with Crippen LogP contribution in [0, 0.1) is 0 Å². The van der Waals surface area contributed by atoms with Gasteiger partial charge in [0.2, 0.25) is 0 Å². The van der Waals surface area contributed by atoms with Crippen LogP contribution in [0.3, 0.4) is 0 Å². The number of para-hydroxylation sites is 1. The zero-order valence-electron chi connectivity index (χ0n) is 14.4. The summed E-state index contributed by atoms with van der Waals surface area (Å²) in [5, 5.41) is 4.23. The van der Waals surface area contributed by atoms with Crippen molar-refractivity contribution in [2.75, 3.05) is 13.7 Å². The Kier molecular flexibility index (Phi) is 4.53. The molecule has 0 N–H and O–H groups in total. The van der Waals surface area contributed by atoms with Gasteiger partial charge in [-0.1, -0.05) is 53.7 Å². The van der Waals surface area contributed by atoms with Gasteiger partial charge < -0.3 is 9.26 Å². The quantitative estimate of drug-likeness (QED) is 0.678. The Hall–Kier alpha value is -2.59. The summed E-state index contributed by atoms with van der Waals surface area (Å²) in [6, 6.07) is 20.8. The van der Waals surface area contributed by atoms with Gasteiger partial charge in [-0.15, -0.1) is 0 Å². The lowest BCUT2D eigenvalue weighted by atomic mass is 10.0. The van der Waals surface area contributed by atoms with E-state index in [1.54, 1.807) is 7.11 Å². The van der Waals surface area contributed by atoms with E-state index in [-0.39, 0.29) is 0 Å². The summed E-state index contributed by atoms with van der Waals surface area (Å²) in [7, 11) is 1.74. The van der Waals surface area contributed by atoms with E-state index in [4.69, 9.17) is 9.26 Å². The van der Waals surface area contributed by atoms with Gasteiger partial charge >= 0.3 is 0 Å². The van der Waals surface area contributed by atoms with E-state index in [1.807, 2.05) is 36.4 Å². The second-order valence-corrected chi connectivity index (χ2v) is 6.41. The first-order chi connectivity index (χ1) is 12.3. The van der Waals surface area contributed by atoms with Crippen LogP contribution in [0.4, 0.5) is 0 Å². The molecule has 25 heavy (non-hydrogen) atoms. The lowest BCUT2D eigenvalue weighted by molar-refractivity contribution is 0.213. The molecule has 1 aliphatic rings. The molecule has 4 rings (SSSR count). The van der Waals surface area contributed by atoms with Crippen LogP contribution in [-0.2, 0) is 6.54 Å². The molecule has 1 saturated heterocycles. The molecule has 0 saturated carbocycles. The van der Waals surface area contributed by atoms with Gasteiger partial charge in [-0.2, -0.15) is 0 Å². The van der Waals surface area contributed by atoms with Crippen molar-refractivity contribution in [3.63, 3.8) is 0 Å². The van der Waals surface area contributed by atoms with Crippen molar-refractivity contribution in [2.24, 2.45) is 0 Å². The van der Waals surface area contributed by atoms with Crippen molar-refractivity contribution in [3.05, 3.63) is 72.0 Å². The molecule has 2 aromatic carbocycles. The van der Waals surface area contributed by atoms with E-state index in [0.29, 0.717) is 6.04 Å². The molecular formula is C21H22N2O2. The molecule has 0 spiro atoms. The molecule has 4 nitrogen and oxygen atoms in total. The molecule has 0 aliphatic carbocycles. The smallest absolute Gasteiger partial charge is 0.151 e. The zero-order valence-corrected chi connectivity index (χ0v) is 14.4. The van der Waals surface area contributed by atoms with Crippen LogP contribution in [-0.4, -0.2) is 23.7 Å². The first kappa shape index (κ1) is 15.9. The number of methoxy groups -OCH3 is 1. The molecule has 1 aliphatic heterocycles. The second-order valence-electron chi connectivity index (χ2n) is 6.41. The van der Waals surface area contributed by atoms with Crippen molar-refractivity contribution < 1.29 is 9.26 Å². The maximum atomic E-state index is 5.60. The van der Waals surface area contributed by atoms with E-state index >= 15 is 0 Å². The molecule has 2 heterocycles. The van der Waals surface area contributed by atoms with Crippen LogP contribution in [0.15, 0.2) is 65.2 Å². The normalized spacial score (nSPS) is 17.7. The number of ether oxygens (including phenoxy) is 1. The molecule has 0 amide bonds. The van der Waals surface area contributed by atoms with Crippen LogP contribution in [0.25, 0.3) is 11.3 Å². The maximum absolute atomic E-state index is 5.60. The van der Waals surface area contributed by atoms with Crippen LogP contribution in [0.2, 0.25) is 0 Å². The van der Waals surface area contributed by atoms with Gasteiger partial charge in [0.15, 0.2) is 5.76 Å². The fourth-order valence-corrected chi connectivity index (χ4v) is 3.64. The largest absolute Gasteiger partial charge is 0.496 e. The fourth-order valence-electron chi connectivity index (χ4n) is 3.64. The minimum absolute atomic E-state index is 0.362.